The quantitative estimate of drug-likeness (QED) is 0.291. The lowest BCUT2D eigenvalue weighted by Gasteiger charge is -2.19. The number of carbonyl (C=O) groups excluding carboxylic acids is 2. The largest absolute Gasteiger partial charge is 0.321 e. The highest BCUT2D eigenvalue weighted by Gasteiger charge is 2.40. The predicted molar refractivity (Wildman–Crippen MR) is 141 cm³/mol. The van der Waals surface area contributed by atoms with Gasteiger partial charge in [0.05, 0.1) is 5.25 Å². The van der Waals surface area contributed by atoms with E-state index in [1.807, 2.05) is 55.5 Å². The van der Waals surface area contributed by atoms with Gasteiger partial charge in [0.25, 0.3) is 5.91 Å². The highest BCUT2D eigenvalue weighted by Crippen LogP contribution is 2.42. The van der Waals surface area contributed by atoms with Crippen molar-refractivity contribution in [2.75, 3.05) is 10.2 Å². The number of carbonyl (C=O) groups is 2. The zero-order valence-corrected chi connectivity index (χ0v) is 21.2. The maximum absolute atomic E-state index is 13.5. The third-order valence-electron chi connectivity index (χ3n) is 5.21. The Morgan fingerprint density at radius 2 is 1.85 bits per heavy atom. The summed E-state index contributed by atoms with van der Waals surface area (Å²) in [5, 5.41) is 13.1. The Labute approximate surface area is 215 Å². The van der Waals surface area contributed by atoms with Crippen molar-refractivity contribution in [1.82, 2.24) is 0 Å². The molecule has 1 N–H and O–H groups in total. The number of nitrogens with zero attached hydrogens (tertiary/aromatic N) is 2. The highest BCUT2D eigenvalue weighted by atomic mass is 79.9. The summed E-state index contributed by atoms with van der Waals surface area (Å²) in [6, 6.07) is 23.8. The van der Waals surface area contributed by atoms with Crippen LogP contribution < -0.4 is 10.2 Å². The summed E-state index contributed by atoms with van der Waals surface area (Å²) in [6.45, 7) is 1.95. The van der Waals surface area contributed by atoms with E-state index in [4.69, 9.17) is 11.6 Å². The monoisotopic (exact) mass is 551 g/mol. The molecule has 3 aromatic carbocycles. The molecule has 8 heteroatoms. The normalized spacial score (nSPS) is 16.8. The van der Waals surface area contributed by atoms with E-state index in [0.29, 0.717) is 27.8 Å². The first kappa shape index (κ1) is 24.1. The average molecular weight is 553 g/mol. The van der Waals surface area contributed by atoms with Gasteiger partial charge in [-0.25, -0.2) is 0 Å². The Hall–Kier alpha value is -3.05. The zero-order valence-electron chi connectivity index (χ0n) is 18.1. The second-order valence-electron chi connectivity index (χ2n) is 7.70. The van der Waals surface area contributed by atoms with E-state index < -0.39 is 11.2 Å². The van der Waals surface area contributed by atoms with Crippen molar-refractivity contribution in [3.05, 3.63) is 104 Å². The fourth-order valence-electron chi connectivity index (χ4n) is 3.52. The molecule has 0 radical (unpaired) electrons. The fraction of sp³-hybridized carbons (Fsp3) is 0.115. The number of benzene rings is 3. The molecule has 0 bridgehead atoms. The summed E-state index contributed by atoms with van der Waals surface area (Å²) in [5.74, 6) is -0.756. The number of amides is 2. The van der Waals surface area contributed by atoms with Gasteiger partial charge in [-0.2, -0.15) is 5.26 Å². The number of hydrogen-bond donors (Lipinski definition) is 1. The first-order chi connectivity index (χ1) is 16.4. The van der Waals surface area contributed by atoms with E-state index in [9.17, 15) is 14.9 Å². The molecule has 4 rings (SSSR count). The summed E-state index contributed by atoms with van der Waals surface area (Å²) < 4.78 is 0.871. The first-order valence-electron chi connectivity index (χ1n) is 10.4. The Bertz CT molecular complexity index is 1320. The van der Waals surface area contributed by atoms with Crippen molar-refractivity contribution in [2.24, 2.45) is 0 Å². The minimum absolute atomic E-state index is 0.115. The molecule has 1 aliphatic heterocycles. The van der Waals surface area contributed by atoms with Gasteiger partial charge in [-0.3, -0.25) is 14.5 Å². The van der Waals surface area contributed by atoms with Crippen LogP contribution in [-0.4, -0.2) is 17.1 Å². The van der Waals surface area contributed by atoms with Crippen molar-refractivity contribution in [1.29, 1.82) is 5.26 Å². The number of nitrogens with one attached hydrogen (secondary N) is 1. The maximum Gasteiger partial charge on any atom is 0.269 e. The topological polar surface area (TPSA) is 73.2 Å². The molecule has 2 amide bonds. The van der Waals surface area contributed by atoms with E-state index in [0.717, 1.165) is 15.6 Å². The molecular formula is C26H19BrClN3O2S. The van der Waals surface area contributed by atoms with E-state index >= 15 is 0 Å². The van der Waals surface area contributed by atoms with Crippen molar-refractivity contribution >= 4 is 62.5 Å². The number of anilines is 2. The number of rotatable bonds is 5. The van der Waals surface area contributed by atoms with Crippen molar-refractivity contribution < 1.29 is 9.59 Å². The predicted octanol–water partition coefficient (Wildman–Crippen LogP) is 6.48. The average Bonchev–Trinajstić information content (AvgIpc) is 3.12. The van der Waals surface area contributed by atoms with Gasteiger partial charge in [0.2, 0.25) is 5.91 Å². The minimum atomic E-state index is -0.569. The number of hydrogen-bond acceptors (Lipinski definition) is 4. The van der Waals surface area contributed by atoms with Crippen LogP contribution in [0.25, 0.3) is 0 Å². The molecule has 3 aromatic rings. The van der Waals surface area contributed by atoms with Gasteiger partial charge in [0, 0.05) is 20.9 Å². The third kappa shape index (κ3) is 5.36. The molecule has 0 aliphatic carbocycles. The van der Waals surface area contributed by atoms with E-state index in [1.54, 1.807) is 30.3 Å². The Morgan fingerprint density at radius 1 is 1.15 bits per heavy atom. The Morgan fingerprint density at radius 3 is 2.50 bits per heavy atom. The molecule has 170 valence electrons. The molecule has 34 heavy (non-hydrogen) atoms. The van der Waals surface area contributed by atoms with Gasteiger partial charge in [-0.05, 0) is 67.4 Å². The van der Waals surface area contributed by atoms with Crippen LogP contribution in [0.2, 0.25) is 5.02 Å². The van der Waals surface area contributed by atoms with Crippen LogP contribution in [0.1, 0.15) is 11.1 Å². The van der Waals surface area contributed by atoms with E-state index in [2.05, 4.69) is 21.2 Å². The van der Waals surface area contributed by atoms with Gasteiger partial charge in [-0.1, -0.05) is 69.1 Å². The van der Waals surface area contributed by atoms with Gasteiger partial charge in [0.1, 0.15) is 16.7 Å². The molecule has 0 saturated carbocycles. The maximum atomic E-state index is 13.5. The molecule has 1 fully saturated rings. The first-order valence-corrected chi connectivity index (χ1v) is 12.4. The highest BCUT2D eigenvalue weighted by molar-refractivity contribution is 9.10. The SMILES string of the molecule is Cc1ccc(N2C(=O)C(Cc3cccc(Cl)c3)SC2=C(C#N)C(=O)Nc2ccc(Br)cc2)cc1. The lowest BCUT2D eigenvalue weighted by molar-refractivity contribution is -0.117. The lowest BCUT2D eigenvalue weighted by Crippen LogP contribution is -2.30. The van der Waals surface area contributed by atoms with Crippen LogP contribution in [-0.2, 0) is 16.0 Å². The Balaban J connectivity index is 1.72. The molecule has 5 nitrogen and oxygen atoms in total. The number of thioether (sulfide) groups is 1. The molecule has 1 saturated heterocycles. The Kier molecular flexibility index (Phi) is 7.42. The van der Waals surface area contributed by atoms with Crippen LogP contribution in [0.15, 0.2) is 87.9 Å². The minimum Gasteiger partial charge on any atom is -0.321 e. The van der Waals surface area contributed by atoms with E-state index in [-0.39, 0.29) is 11.5 Å². The fourth-order valence-corrected chi connectivity index (χ4v) is 5.31. The number of halogens is 2. The van der Waals surface area contributed by atoms with Gasteiger partial charge >= 0.3 is 0 Å². The molecule has 1 unspecified atom stereocenters. The summed E-state index contributed by atoms with van der Waals surface area (Å²) in [5.41, 5.74) is 2.98. The summed E-state index contributed by atoms with van der Waals surface area (Å²) in [4.78, 5) is 28.1. The van der Waals surface area contributed by atoms with Crippen LogP contribution in [0.5, 0.6) is 0 Å². The standard InChI is InChI=1S/C26H19BrClN3O2S/c1-16-5-11-21(12-6-16)31-25(33)23(14-17-3-2-4-19(28)13-17)34-26(31)22(15-29)24(32)30-20-9-7-18(27)8-10-20/h2-13,23H,14H2,1H3,(H,30,32). The lowest BCUT2D eigenvalue weighted by atomic mass is 10.1. The van der Waals surface area contributed by atoms with Crippen molar-refractivity contribution in [2.45, 2.75) is 18.6 Å². The van der Waals surface area contributed by atoms with E-state index in [1.165, 1.54) is 16.7 Å². The van der Waals surface area contributed by atoms with Crippen molar-refractivity contribution in [3.63, 3.8) is 0 Å². The second kappa shape index (κ2) is 10.5. The molecule has 1 aliphatic rings. The summed E-state index contributed by atoms with van der Waals surface area (Å²) >= 11 is 10.7. The zero-order chi connectivity index (χ0) is 24.2. The number of nitriles is 1. The molecule has 1 atom stereocenters. The molecule has 1 heterocycles. The van der Waals surface area contributed by atoms with Crippen LogP contribution in [0.4, 0.5) is 11.4 Å². The molecule has 0 spiro atoms. The molecular weight excluding hydrogens is 534 g/mol. The van der Waals surface area contributed by atoms with Crippen LogP contribution in [0, 0.1) is 18.3 Å². The van der Waals surface area contributed by atoms with Gasteiger partial charge < -0.3 is 5.32 Å². The van der Waals surface area contributed by atoms with Crippen molar-refractivity contribution in [3.8, 4) is 6.07 Å². The van der Waals surface area contributed by atoms with Gasteiger partial charge in [0.15, 0.2) is 0 Å². The summed E-state index contributed by atoms with van der Waals surface area (Å²) in [7, 11) is 0. The number of aryl methyl sites for hydroxylation is 1. The molecule has 0 aromatic heterocycles. The second-order valence-corrected chi connectivity index (χ2v) is 10.2. The van der Waals surface area contributed by atoms with Crippen LogP contribution in [0.3, 0.4) is 0 Å². The third-order valence-corrected chi connectivity index (χ3v) is 7.24. The smallest absolute Gasteiger partial charge is 0.269 e. The van der Waals surface area contributed by atoms with Gasteiger partial charge in [-0.15, -0.1) is 0 Å². The summed E-state index contributed by atoms with van der Waals surface area (Å²) in [6.07, 6.45) is 0.420. The van der Waals surface area contributed by atoms with Crippen LogP contribution >= 0.6 is 39.3 Å².